The quantitative estimate of drug-likeness (QED) is 0.926. The molecule has 1 aliphatic heterocycles. The molecule has 1 atom stereocenters. The number of carboxylic acids is 1. The standard InChI is InChI=1S/C13H14BrNO4/c1-8-5-9(3-4-10(8)14)15-7-13(2,6-11(16)17)19-12(15)18/h3-5H,6-7H2,1-2H3,(H,16,17). The van der Waals surface area contributed by atoms with Crippen molar-refractivity contribution in [3.8, 4) is 0 Å². The topological polar surface area (TPSA) is 66.8 Å². The maximum atomic E-state index is 11.9. The van der Waals surface area contributed by atoms with E-state index in [-0.39, 0.29) is 13.0 Å². The minimum atomic E-state index is -0.982. The summed E-state index contributed by atoms with van der Waals surface area (Å²) >= 11 is 3.40. The van der Waals surface area contributed by atoms with Gasteiger partial charge in [0.1, 0.15) is 5.60 Å². The van der Waals surface area contributed by atoms with E-state index in [1.165, 1.54) is 4.90 Å². The van der Waals surface area contributed by atoms with Gasteiger partial charge in [0.15, 0.2) is 0 Å². The van der Waals surface area contributed by atoms with E-state index >= 15 is 0 Å². The molecule has 0 radical (unpaired) electrons. The molecule has 0 aliphatic carbocycles. The second-order valence-electron chi connectivity index (χ2n) is 4.91. The van der Waals surface area contributed by atoms with Gasteiger partial charge >= 0.3 is 12.1 Å². The fraction of sp³-hybridized carbons (Fsp3) is 0.385. The minimum absolute atomic E-state index is 0.204. The molecule has 1 saturated heterocycles. The highest BCUT2D eigenvalue weighted by Gasteiger charge is 2.43. The number of carbonyl (C=O) groups excluding carboxylic acids is 1. The SMILES string of the molecule is Cc1cc(N2CC(C)(CC(=O)O)OC2=O)ccc1Br. The van der Waals surface area contributed by atoms with Gasteiger partial charge in [-0.15, -0.1) is 0 Å². The molecule has 1 aliphatic rings. The molecule has 0 bridgehead atoms. The molecule has 1 fully saturated rings. The van der Waals surface area contributed by atoms with Crippen LogP contribution in [0.4, 0.5) is 10.5 Å². The lowest BCUT2D eigenvalue weighted by molar-refractivity contribution is -0.140. The van der Waals surface area contributed by atoms with Gasteiger partial charge in [0.2, 0.25) is 0 Å². The van der Waals surface area contributed by atoms with Crippen molar-refractivity contribution in [1.82, 2.24) is 0 Å². The zero-order valence-corrected chi connectivity index (χ0v) is 12.2. The molecule has 0 aromatic heterocycles. The summed E-state index contributed by atoms with van der Waals surface area (Å²) in [6.45, 7) is 3.79. The number of aryl methyl sites for hydroxylation is 1. The summed E-state index contributed by atoms with van der Waals surface area (Å²) in [6.07, 6.45) is -0.712. The van der Waals surface area contributed by atoms with Gasteiger partial charge in [-0.3, -0.25) is 9.69 Å². The Hall–Kier alpha value is -1.56. The summed E-state index contributed by atoms with van der Waals surface area (Å²) in [6, 6.07) is 5.51. The van der Waals surface area contributed by atoms with E-state index in [0.717, 1.165) is 10.0 Å². The first-order valence-corrected chi connectivity index (χ1v) is 6.58. The number of benzene rings is 1. The summed E-state index contributed by atoms with van der Waals surface area (Å²) in [5.41, 5.74) is 0.723. The van der Waals surface area contributed by atoms with Crippen LogP contribution in [0.25, 0.3) is 0 Å². The van der Waals surface area contributed by atoms with E-state index in [2.05, 4.69) is 15.9 Å². The monoisotopic (exact) mass is 327 g/mol. The Morgan fingerprint density at radius 1 is 1.58 bits per heavy atom. The number of nitrogens with zero attached hydrogens (tertiary/aromatic N) is 1. The molecule has 19 heavy (non-hydrogen) atoms. The Labute approximate surface area is 119 Å². The first kappa shape index (κ1) is 13.9. The molecule has 2 rings (SSSR count). The lowest BCUT2D eigenvalue weighted by Gasteiger charge is -2.19. The van der Waals surface area contributed by atoms with Gasteiger partial charge in [-0.1, -0.05) is 15.9 Å². The smallest absolute Gasteiger partial charge is 0.415 e. The highest BCUT2D eigenvalue weighted by molar-refractivity contribution is 9.10. The molecular weight excluding hydrogens is 314 g/mol. The second-order valence-corrected chi connectivity index (χ2v) is 5.76. The number of anilines is 1. The van der Waals surface area contributed by atoms with Crippen molar-refractivity contribution in [3.05, 3.63) is 28.2 Å². The van der Waals surface area contributed by atoms with Gasteiger partial charge in [-0.05, 0) is 37.6 Å². The number of rotatable bonds is 3. The lowest BCUT2D eigenvalue weighted by atomic mass is 10.0. The van der Waals surface area contributed by atoms with Crippen molar-refractivity contribution in [2.45, 2.75) is 25.9 Å². The van der Waals surface area contributed by atoms with Crippen LogP contribution < -0.4 is 4.90 Å². The van der Waals surface area contributed by atoms with Gasteiger partial charge in [0.05, 0.1) is 13.0 Å². The second kappa shape index (κ2) is 4.85. The van der Waals surface area contributed by atoms with Crippen LogP contribution >= 0.6 is 15.9 Å². The molecule has 1 N–H and O–H groups in total. The van der Waals surface area contributed by atoms with Gasteiger partial charge in [-0.25, -0.2) is 4.79 Å². The third-order valence-corrected chi connectivity index (χ3v) is 3.91. The number of carbonyl (C=O) groups is 2. The van der Waals surface area contributed by atoms with Crippen molar-refractivity contribution >= 4 is 33.7 Å². The lowest BCUT2D eigenvalue weighted by Crippen LogP contribution is -2.33. The van der Waals surface area contributed by atoms with Gasteiger partial charge in [0, 0.05) is 10.2 Å². The van der Waals surface area contributed by atoms with Crippen molar-refractivity contribution in [1.29, 1.82) is 0 Å². The number of aliphatic carboxylic acids is 1. The van der Waals surface area contributed by atoms with Crippen LogP contribution in [0, 0.1) is 6.92 Å². The van der Waals surface area contributed by atoms with Gasteiger partial charge in [0.25, 0.3) is 0 Å². The Balaban J connectivity index is 2.24. The highest BCUT2D eigenvalue weighted by Crippen LogP contribution is 2.31. The van der Waals surface area contributed by atoms with Crippen LogP contribution in [0.2, 0.25) is 0 Å². The fourth-order valence-corrected chi connectivity index (χ4v) is 2.35. The Morgan fingerprint density at radius 2 is 2.26 bits per heavy atom. The van der Waals surface area contributed by atoms with Crippen LogP contribution in [0.1, 0.15) is 18.9 Å². The van der Waals surface area contributed by atoms with E-state index in [0.29, 0.717) is 5.69 Å². The zero-order valence-electron chi connectivity index (χ0n) is 10.6. The number of ether oxygens (including phenoxy) is 1. The predicted molar refractivity (Wildman–Crippen MR) is 73.4 cm³/mol. The van der Waals surface area contributed by atoms with Crippen molar-refractivity contribution in [2.75, 3.05) is 11.4 Å². The fourth-order valence-electron chi connectivity index (χ4n) is 2.10. The third kappa shape index (κ3) is 2.89. The molecule has 6 heteroatoms. The third-order valence-electron chi connectivity index (χ3n) is 3.03. The number of halogens is 1. The molecule has 5 nitrogen and oxygen atoms in total. The maximum Gasteiger partial charge on any atom is 0.415 e. The van der Waals surface area contributed by atoms with Gasteiger partial charge in [-0.2, -0.15) is 0 Å². The van der Waals surface area contributed by atoms with Crippen LogP contribution in [0.5, 0.6) is 0 Å². The largest absolute Gasteiger partial charge is 0.481 e. The van der Waals surface area contributed by atoms with E-state index in [1.807, 2.05) is 19.1 Å². The number of cyclic esters (lactones) is 1. The molecule has 102 valence electrons. The first-order chi connectivity index (χ1) is 8.81. The van der Waals surface area contributed by atoms with Crippen LogP contribution in [-0.4, -0.2) is 29.3 Å². The summed E-state index contributed by atoms with van der Waals surface area (Å²) in [7, 11) is 0. The van der Waals surface area contributed by atoms with Crippen molar-refractivity contribution in [2.24, 2.45) is 0 Å². The predicted octanol–water partition coefficient (Wildman–Crippen LogP) is 2.95. The zero-order chi connectivity index (χ0) is 14.2. The van der Waals surface area contributed by atoms with E-state index < -0.39 is 17.7 Å². The first-order valence-electron chi connectivity index (χ1n) is 5.79. The van der Waals surface area contributed by atoms with E-state index in [9.17, 15) is 9.59 Å². The van der Waals surface area contributed by atoms with Crippen LogP contribution in [-0.2, 0) is 9.53 Å². The number of hydrogen-bond acceptors (Lipinski definition) is 3. The Kier molecular flexibility index (Phi) is 3.54. The molecular formula is C13H14BrNO4. The molecule has 1 amide bonds. The number of hydrogen-bond donors (Lipinski definition) is 1. The molecule has 0 spiro atoms. The molecule has 1 aromatic rings. The highest BCUT2D eigenvalue weighted by atomic mass is 79.9. The molecule has 1 heterocycles. The average molecular weight is 328 g/mol. The van der Waals surface area contributed by atoms with E-state index in [1.54, 1.807) is 13.0 Å². The molecule has 0 saturated carbocycles. The minimum Gasteiger partial charge on any atom is -0.481 e. The number of amides is 1. The van der Waals surface area contributed by atoms with Crippen LogP contribution in [0.15, 0.2) is 22.7 Å². The summed E-state index contributed by atoms with van der Waals surface area (Å²) in [5.74, 6) is -0.982. The van der Waals surface area contributed by atoms with Crippen molar-refractivity contribution in [3.63, 3.8) is 0 Å². The average Bonchev–Trinajstić information content (AvgIpc) is 2.57. The molecule has 1 aromatic carbocycles. The molecule has 1 unspecified atom stereocenters. The Morgan fingerprint density at radius 3 is 2.84 bits per heavy atom. The van der Waals surface area contributed by atoms with Crippen molar-refractivity contribution < 1.29 is 19.4 Å². The van der Waals surface area contributed by atoms with E-state index in [4.69, 9.17) is 9.84 Å². The Bertz CT molecular complexity index is 545. The maximum absolute atomic E-state index is 11.9. The normalized spacial score (nSPS) is 22.5. The van der Waals surface area contributed by atoms with Gasteiger partial charge < -0.3 is 9.84 Å². The van der Waals surface area contributed by atoms with Crippen LogP contribution in [0.3, 0.4) is 0 Å². The number of carboxylic acid groups (broad SMARTS) is 1. The summed E-state index contributed by atoms with van der Waals surface area (Å²) in [5, 5.41) is 8.85. The summed E-state index contributed by atoms with van der Waals surface area (Å²) in [4.78, 5) is 24.1. The summed E-state index contributed by atoms with van der Waals surface area (Å²) < 4.78 is 6.15.